The fourth-order valence-electron chi connectivity index (χ4n) is 2.45. The van der Waals surface area contributed by atoms with Crippen molar-refractivity contribution in [3.8, 4) is 5.75 Å². The zero-order valence-electron chi connectivity index (χ0n) is 11.9. The summed E-state index contributed by atoms with van der Waals surface area (Å²) in [4.78, 5) is 11.7. The van der Waals surface area contributed by atoms with Crippen molar-refractivity contribution >= 4 is 5.91 Å². The molecule has 19 heavy (non-hydrogen) atoms. The number of ether oxygens (including phenoxy) is 2. The summed E-state index contributed by atoms with van der Waals surface area (Å²) in [5.41, 5.74) is 1.90. The number of aryl methyl sites for hydroxylation is 1. The molecule has 0 saturated heterocycles. The zero-order valence-corrected chi connectivity index (χ0v) is 11.9. The van der Waals surface area contributed by atoms with Crippen LogP contribution in [-0.2, 0) is 9.53 Å². The summed E-state index contributed by atoms with van der Waals surface area (Å²) in [5, 5.41) is 3.01. The first-order valence-electron chi connectivity index (χ1n) is 6.49. The van der Waals surface area contributed by atoms with E-state index in [0.29, 0.717) is 0 Å². The fourth-order valence-corrected chi connectivity index (χ4v) is 2.45. The van der Waals surface area contributed by atoms with E-state index in [-0.39, 0.29) is 24.2 Å². The Balaban J connectivity index is 2.27. The van der Waals surface area contributed by atoms with E-state index in [2.05, 4.69) is 5.32 Å². The monoisotopic (exact) mass is 263 g/mol. The normalized spacial score (nSPS) is 20.3. The number of hydrogen-bond donors (Lipinski definition) is 1. The van der Waals surface area contributed by atoms with Gasteiger partial charge in [0.05, 0.1) is 6.04 Å². The summed E-state index contributed by atoms with van der Waals surface area (Å²) in [6.45, 7) is 6.18. The van der Waals surface area contributed by atoms with Gasteiger partial charge in [0.2, 0.25) is 5.91 Å². The molecule has 1 unspecified atom stereocenters. The standard InChI is InChI=1S/C15H21NO3/c1-10-5-6-11-12(16-14(17)9-18-4)8-15(2,3)19-13(11)7-10/h5-7,12H,8-9H2,1-4H3,(H,16,17). The first kappa shape index (κ1) is 13.9. The van der Waals surface area contributed by atoms with Gasteiger partial charge in [-0.1, -0.05) is 12.1 Å². The maximum Gasteiger partial charge on any atom is 0.246 e. The van der Waals surface area contributed by atoms with Gasteiger partial charge in [-0.2, -0.15) is 0 Å². The van der Waals surface area contributed by atoms with Crippen LogP contribution < -0.4 is 10.1 Å². The zero-order chi connectivity index (χ0) is 14.0. The minimum Gasteiger partial charge on any atom is -0.487 e. The van der Waals surface area contributed by atoms with Gasteiger partial charge in [-0.3, -0.25) is 4.79 Å². The van der Waals surface area contributed by atoms with Gasteiger partial charge in [0, 0.05) is 19.1 Å². The van der Waals surface area contributed by atoms with E-state index in [0.717, 1.165) is 23.3 Å². The lowest BCUT2D eigenvalue weighted by Gasteiger charge is -2.38. The second kappa shape index (κ2) is 5.21. The predicted octanol–water partition coefficient (Wildman–Crippen LogP) is 2.36. The Morgan fingerprint density at radius 1 is 1.53 bits per heavy atom. The molecule has 1 atom stereocenters. The number of benzene rings is 1. The van der Waals surface area contributed by atoms with Crippen molar-refractivity contribution in [3.05, 3.63) is 29.3 Å². The molecule has 1 aliphatic heterocycles. The molecule has 0 aromatic heterocycles. The van der Waals surface area contributed by atoms with E-state index in [1.54, 1.807) is 0 Å². The fraction of sp³-hybridized carbons (Fsp3) is 0.533. The average Bonchev–Trinajstić information content (AvgIpc) is 2.26. The molecule has 104 valence electrons. The van der Waals surface area contributed by atoms with Crippen LogP contribution in [0.2, 0.25) is 0 Å². The first-order valence-corrected chi connectivity index (χ1v) is 6.49. The van der Waals surface area contributed by atoms with Gasteiger partial charge in [0.25, 0.3) is 0 Å². The summed E-state index contributed by atoms with van der Waals surface area (Å²) in [7, 11) is 1.52. The van der Waals surface area contributed by atoms with Gasteiger partial charge < -0.3 is 14.8 Å². The molecule has 1 aromatic carbocycles. The van der Waals surface area contributed by atoms with E-state index in [4.69, 9.17) is 9.47 Å². The smallest absolute Gasteiger partial charge is 0.246 e. The van der Waals surface area contributed by atoms with Crippen LogP contribution in [0.3, 0.4) is 0 Å². The first-order chi connectivity index (χ1) is 8.91. The van der Waals surface area contributed by atoms with E-state index in [1.807, 2.05) is 39.0 Å². The molecule has 1 aromatic rings. The lowest BCUT2D eigenvalue weighted by atomic mass is 9.89. The van der Waals surface area contributed by atoms with Crippen molar-refractivity contribution in [2.45, 2.75) is 38.8 Å². The number of carbonyl (C=O) groups excluding carboxylic acids is 1. The van der Waals surface area contributed by atoms with Gasteiger partial charge in [-0.05, 0) is 32.4 Å². The molecule has 0 fully saturated rings. The van der Waals surface area contributed by atoms with Crippen LogP contribution in [0.15, 0.2) is 18.2 Å². The van der Waals surface area contributed by atoms with Gasteiger partial charge in [-0.25, -0.2) is 0 Å². The lowest BCUT2D eigenvalue weighted by Crippen LogP contribution is -2.42. The number of carbonyl (C=O) groups is 1. The van der Waals surface area contributed by atoms with Crippen molar-refractivity contribution < 1.29 is 14.3 Å². The third-order valence-electron chi connectivity index (χ3n) is 3.24. The van der Waals surface area contributed by atoms with Gasteiger partial charge in [0.15, 0.2) is 0 Å². The highest BCUT2D eigenvalue weighted by Gasteiger charge is 2.34. The quantitative estimate of drug-likeness (QED) is 0.910. The third kappa shape index (κ3) is 3.26. The van der Waals surface area contributed by atoms with E-state index < -0.39 is 0 Å². The number of fused-ring (bicyclic) bond motifs is 1. The molecule has 0 spiro atoms. The van der Waals surface area contributed by atoms with E-state index in [9.17, 15) is 4.79 Å². The second-order valence-corrected chi connectivity index (χ2v) is 5.66. The summed E-state index contributed by atoms with van der Waals surface area (Å²) in [5.74, 6) is 0.760. The SMILES string of the molecule is COCC(=O)NC1CC(C)(C)Oc2cc(C)ccc21. The van der Waals surface area contributed by atoms with Crippen LogP contribution in [0, 0.1) is 6.92 Å². The minimum absolute atomic E-state index is 0.0259. The van der Waals surface area contributed by atoms with Crippen LogP contribution in [0.25, 0.3) is 0 Å². The Bertz CT molecular complexity index is 482. The maximum atomic E-state index is 11.7. The van der Waals surface area contributed by atoms with Crippen LogP contribution in [0.5, 0.6) is 5.75 Å². The Labute approximate surface area is 114 Å². The summed E-state index contributed by atoms with van der Waals surface area (Å²) >= 11 is 0. The molecule has 4 heteroatoms. The van der Waals surface area contributed by atoms with Crippen LogP contribution in [-0.4, -0.2) is 25.2 Å². The van der Waals surface area contributed by atoms with Crippen LogP contribution >= 0.6 is 0 Å². The Kier molecular flexibility index (Phi) is 3.80. The molecule has 0 aliphatic carbocycles. The molecular weight excluding hydrogens is 242 g/mol. The van der Waals surface area contributed by atoms with Crippen molar-refractivity contribution in [1.29, 1.82) is 0 Å². The molecule has 0 bridgehead atoms. The third-order valence-corrected chi connectivity index (χ3v) is 3.24. The summed E-state index contributed by atoms with van der Waals surface area (Å²) in [6, 6.07) is 6.06. The van der Waals surface area contributed by atoms with E-state index in [1.165, 1.54) is 7.11 Å². The van der Waals surface area contributed by atoms with Crippen LogP contribution in [0.1, 0.15) is 37.4 Å². The number of rotatable bonds is 3. The predicted molar refractivity (Wildman–Crippen MR) is 73.3 cm³/mol. The Morgan fingerprint density at radius 2 is 2.26 bits per heavy atom. The molecule has 2 rings (SSSR count). The van der Waals surface area contributed by atoms with Crippen molar-refractivity contribution in [2.75, 3.05) is 13.7 Å². The molecular formula is C15H21NO3. The number of hydrogen-bond acceptors (Lipinski definition) is 3. The summed E-state index contributed by atoms with van der Waals surface area (Å²) < 4.78 is 10.9. The second-order valence-electron chi connectivity index (χ2n) is 5.66. The summed E-state index contributed by atoms with van der Waals surface area (Å²) in [6.07, 6.45) is 0.749. The van der Waals surface area contributed by atoms with Crippen LogP contribution in [0.4, 0.5) is 0 Å². The Morgan fingerprint density at radius 3 is 2.95 bits per heavy atom. The molecule has 4 nitrogen and oxygen atoms in total. The van der Waals surface area contributed by atoms with Crippen molar-refractivity contribution in [2.24, 2.45) is 0 Å². The number of amides is 1. The lowest BCUT2D eigenvalue weighted by molar-refractivity contribution is -0.126. The highest BCUT2D eigenvalue weighted by Crippen LogP contribution is 2.39. The number of nitrogens with one attached hydrogen (secondary N) is 1. The minimum atomic E-state index is -0.286. The largest absolute Gasteiger partial charge is 0.487 e. The van der Waals surface area contributed by atoms with Gasteiger partial charge >= 0.3 is 0 Å². The van der Waals surface area contributed by atoms with Gasteiger partial charge in [-0.15, -0.1) is 0 Å². The molecule has 1 N–H and O–H groups in total. The molecule has 1 aliphatic rings. The average molecular weight is 263 g/mol. The molecule has 0 saturated carbocycles. The van der Waals surface area contributed by atoms with E-state index >= 15 is 0 Å². The number of methoxy groups -OCH3 is 1. The maximum absolute atomic E-state index is 11.7. The highest BCUT2D eigenvalue weighted by molar-refractivity contribution is 5.77. The van der Waals surface area contributed by atoms with Crippen molar-refractivity contribution in [3.63, 3.8) is 0 Å². The molecule has 1 heterocycles. The topological polar surface area (TPSA) is 47.6 Å². The highest BCUT2D eigenvalue weighted by atomic mass is 16.5. The molecule has 0 radical (unpaired) electrons. The molecule has 1 amide bonds. The van der Waals surface area contributed by atoms with Gasteiger partial charge in [0.1, 0.15) is 18.0 Å². The van der Waals surface area contributed by atoms with Crippen molar-refractivity contribution in [1.82, 2.24) is 5.32 Å². The Hall–Kier alpha value is -1.55.